The Morgan fingerprint density at radius 2 is 2.06 bits per heavy atom. The van der Waals surface area contributed by atoms with Crippen LogP contribution in [0.1, 0.15) is 0 Å². The van der Waals surface area contributed by atoms with Gasteiger partial charge in [-0.15, -0.1) is 11.8 Å². The monoisotopic (exact) mass is 258 g/mol. The van der Waals surface area contributed by atoms with Crippen molar-refractivity contribution < 1.29 is 9.59 Å². The van der Waals surface area contributed by atoms with Crippen LogP contribution in [0.3, 0.4) is 0 Å². The second-order valence-electron chi connectivity index (χ2n) is 2.85. The fourth-order valence-corrected chi connectivity index (χ4v) is 1.97. The van der Waals surface area contributed by atoms with Gasteiger partial charge in [0.15, 0.2) is 0 Å². The number of carbonyl (C=O) groups is 2. The molecule has 0 spiro atoms. The molecular formula is C10H11ClN2O2S. The minimum Gasteiger partial charge on any atom is -0.341 e. The van der Waals surface area contributed by atoms with Gasteiger partial charge in [0.05, 0.1) is 10.8 Å². The van der Waals surface area contributed by atoms with Crippen LogP contribution < -0.4 is 10.6 Å². The van der Waals surface area contributed by atoms with Crippen molar-refractivity contribution in [3.05, 3.63) is 29.3 Å². The molecule has 0 atom stereocenters. The summed E-state index contributed by atoms with van der Waals surface area (Å²) in [7, 11) is 1.45. The molecule has 0 aliphatic heterocycles. The fraction of sp³-hybridized carbons (Fsp3) is 0.200. The first-order chi connectivity index (χ1) is 7.63. The van der Waals surface area contributed by atoms with Crippen LogP contribution in [0.2, 0.25) is 5.02 Å². The van der Waals surface area contributed by atoms with Crippen LogP contribution in [0.4, 0.5) is 4.79 Å². The van der Waals surface area contributed by atoms with Gasteiger partial charge in [-0.25, -0.2) is 4.79 Å². The zero-order valence-corrected chi connectivity index (χ0v) is 10.2. The molecule has 0 aliphatic rings. The Morgan fingerprint density at radius 1 is 1.38 bits per heavy atom. The third-order valence-electron chi connectivity index (χ3n) is 1.68. The summed E-state index contributed by atoms with van der Waals surface area (Å²) < 4.78 is 0. The Balaban J connectivity index is 2.43. The van der Waals surface area contributed by atoms with Gasteiger partial charge < -0.3 is 5.32 Å². The third-order valence-corrected chi connectivity index (χ3v) is 3.19. The Kier molecular flexibility index (Phi) is 5.14. The lowest BCUT2D eigenvalue weighted by Crippen LogP contribution is -2.38. The summed E-state index contributed by atoms with van der Waals surface area (Å²) in [5, 5.41) is 5.06. The molecule has 2 N–H and O–H groups in total. The first-order valence-corrected chi connectivity index (χ1v) is 5.88. The molecule has 4 nitrogen and oxygen atoms in total. The summed E-state index contributed by atoms with van der Waals surface area (Å²) >= 11 is 7.19. The predicted octanol–water partition coefficient (Wildman–Crippen LogP) is 1.89. The van der Waals surface area contributed by atoms with Crippen LogP contribution in [0.15, 0.2) is 29.2 Å². The van der Waals surface area contributed by atoms with E-state index in [1.807, 2.05) is 18.2 Å². The molecule has 0 fully saturated rings. The van der Waals surface area contributed by atoms with Gasteiger partial charge in [0, 0.05) is 11.9 Å². The molecule has 0 radical (unpaired) electrons. The molecule has 0 aromatic heterocycles. The van der Waals surface area contributed by atoms with Crippen molar-refractivity contribution in [2.45, 2.75) is 4.90 Å². The van der Waals surface area contributed by atoms with Crippen molar-refractivity contribution in [2.24, 2.45) is 0 Å². The van der Waals surface area contributed by atoms with Crippen LogP contribution in [0.25, 0.3) is 0 Å². The molecule has 1 aromatic carbocycles. The second kappa shape index (κ2) is 6.40. The van der Waals surface area contributed by atoms with E-state index in [-0.39, 0.29) is 11.7 Å². The van der Waals surface area contributed by atoms with E-state index in [0.717, 1.165) is 4.90 Å². The first kappa shape index (κ1) is 12.9. The highest BCUT2D eigenvalue weighted by Gasteiger charge is 2.07. The highest BCUT2D eigenvalue weighted by Crippen LogP contribution is 2.26. The number of benzene rings is 1. The molecule has 0 bridgehead atoms. The van der Waals surface area contributed by atoms with Crippen LogP contribution >= 0.6 is 23.4 Å². The molecular weight excluding hydrogens is 248 g/mol. The molecule has 6 heteroatoms. The smallest absolute Gasteiger partial charge is 0.321 e. The van der Waals surface area contributed by atoms with Gasteiger partial charge in [-0.05, 0) is 12.1 Å². The van der Waals surface area contributed by atoms with Crippen molar-refractivity contribution in [1.29, 1.82) is 0 Å². The third kappa shape index (κ3) is 4.12. The van der Waals surface area contributed by atoms with E-state index < -0.39 is 6.03 Å². The molecule has 0 unspecified atom stereocenters. The zero-order valence-electron chi connectivity index (χ0n) is 8.62. The quantitative estimate of drug-likeness (QED) is 0.814. The SMILES string of the molecule is CNC(=O)NC(=O)CSc1ccccc1Cl. The maximum Gasteiger partial charge on any atom is 0.321 e. The number of amides is 3. The van der Waals surface area contributed by atoms with Crippen molar-refractivity contribution in [3.63, 3.8) is 0 Å². The van der Waals surface area contributed by atoms with Gasteiger partial charge >= 0.3 is 6.03 Å². The van der Waals surface area contributed by atoms with E-state index in [9.17, 15) is 9.59 Å². The number of urea groups is 1. The summed E-state index contributed by atoms with van der Waals surface area (Å²) in [6.45, 7) is 0. The number of hydrogen-bond acceptors (Lipinski definition) is 3. The molecule has 86 valence electrons. The highest BCUT2D eigenvalue weighted by molar-refractivity contribution is 8.00. The fourth-order valence-electron chi connectivity index (χ4n) is 0.930. The first-order valence-electron chi connectivity index (χ1n) is 4.52. The van der Waals surface area contributed by atoms with Crippen LogP contribution in [-0.2, 0) is 4.79 Å². The lowest BCUT2D eigenvalue weighted by atomic mass is 10.4. The van der Waals surface area contributed by atoms with Crippen LogP contribution in [0, 0.1) is 0 Å². The zero-order chi connectivity index (χ0) is 12.0. The molecule has 0 aliphatic carbocycles. The normalized spacial score (nSPS) is 9.62. The average molecular weight is 259 g/mol. The van der Waals surface area contributed by atoms with Crippen LogP contribution in [-0.4, -0.2) is 24.7 Å². The number of imide groups is 1. The van der Waals surface area contributed by atoms with Gasteiger partial charge in [0.2, 0.25) is 5.91 Å². The second-order valence-corrected chi connectivity index (χ2v) is 4.27. The number of thioether (sulfide) groups is 1. The summed E-state index contributed by atoms with van der Waals surface area (Å²) in [5.41, 5.74) is 0. The Hall–Kier alpha value is -1.20. The number of halogens is 1. The van der Waals surface area contributed by atoms with E-state index in [2.05, 4.69) is 10.6 Å². The lowest BCUT2D eigenvalue weighted by Gasteiger charge is -2.04. The van der Waals surface area contributed by atoms with Crippen LogP contribution in [0.5, 0.6) is 0 Å². The van der Waals surface area contributed by atoms with Gasteiger partial charge in [0.25, 0.3) is 0 Å². The molecule has 0 heterocycles. The van der Waals surface area contributed by atoms with Crippen molar-refractivity contribution >= 4 is 35.3 Å². The molecule has 16 heavy (non-hydrogen) atoms. The number of hydrogen-bond donors (Lipinski definition) is 2. The topological polar surface area (TPSA) is 58.2 Å². The number of carbonyl (C=O) groups excluding carboxylic acids is 2. The summed E-state index contributed by atoms with van der Waals surface area (Å²) in [6.07, 6.45) is 0. The predicted molar refractivity (Wildman–Crippen MR) is 64.8 cm³/mol. The average Bonchev–Trinajstić information content (AvgIpc) is 2.28. The molecule has 3 amide bonds. The number of nitrogens with one attached hydrogen (secondary N) is 2. The molecule has 1 aromatic rings. The maximum absolute atomic E-state index is 11.3. The number of rotatable bonds is 3. The summed E-state index contributed by atoms with van der Waals surface area (Å²) in [5.74, 6) is -0.207. The van der Waals surface area contributed by atoms with E-state index in [4.69, 9.17) is 11.6 Å². The molecule has 0 saturated heterocycles. The van der Waals surface area contributed by atoms with E-state index in [1.54, 1.807) is 6.07 Å². The van der Waals surface area contributed by atoms with Gasteiger partial charge in [-0.1, -0.05) is 23.7 Å². The molecule has 1 rings (SSSR count). The van der Waals surface area contributed by atoms with E-state index in [0.29, 0.717) is 5.02 Å². The standard InChI is InChI=1S/C10H11ClN2O2S/c1-12-10(15)13-9(14)6-16-8-5-3-2-4-7(8)11/h2-5H,6H2,1H3,(H2,12,13,14,15). The Morgan fingerprint density at radius 3 is 2.69 bits per heavy atom. The van der Waals surface area contributed by atoms with Gasteiger partial charge in [-0.2, -0.15) is 0 Å². The Bertz CT molecular complexity index is 398. The summed E-state index contributed by atoms with van der Waals surface area (Å²) in [6, 6.07) is 6.72. The highest BCUT2D eigenvalue weighted by atomic mass is 35.5. The largest absolute Gasteiger partial charge is 0.341 e. The molecule has 0 saturated carbocycles. The van der Waals surface area contributed by atoms with Gasteiger partial charge in [-0.3, -0.25) is 10.1 Å². The minimum absolute atomic E-state index is 0.150. The van der Waals surface area contributed by atoms with Gasteiger partial charge in [0.1, 0.15) is 0 Å². The van der Waals surface area contributed by atoms with Crippen molar-refractivity contribution in [1.82, 2.24) is 10.6 Å². The lowest BCUT2D eigenvalue weighted by molar-refractivity contribution is -0.117. The maximum atomic E-state index is 11.3. The Labute approximate surface area is 103 Å². The van der Waals surface area contributed by atoms with E-state index in [1.165, 1.54) is 18.8 Å². The van der Waals surface area contributed by atoms with E-state index >= 15 is 0 Å². The van der Waals surface area contributed by atoms with Crippen molar-refractivity contribution in [3.8, 4) is 0 Å². The van der Waals surface area contributed by atoms with Crippen molar-refractivity contribution in [2.75, 3.05) is 12.8 Å². The summed E-state index contributed by atoms with van der Waals surface area (Å²) in [4.78, 5) is 22.9. The minimum atomic E-state index is -0.509.